The molecule has 2 heterocycles. The molecule has 2 unspecified atom stereocenters. The summed E-state index contributed by atoms with van der Waals surface area (Å²) in [4.78, 5) is 83.1. The average molecular weight is 762 g/mol. The van der Waals surface area contributed by atoms with Gasteiger partial charge in [0.2, 0.25) is 21.8 Å². The molecule has 4 aliphatic rings. The van der Waals surface area contributed by atoms with Crippen LogP contribution in [0.2, 0.25) is 0 Å². The highest BCUT2D eigenvalue weighted by Crippen LogP contribution is 2.47. The van der Waals surface area contributed by atoms with Gasteiger partial charge in [-0.05, 0) is 76.5 Å². The van der Waals surface area contributed by atoms with Gasteiger partial charge in [0.1, 0.15) is 35.1 Å². The molecule has 2 aliphatic heterocycles. The van der Waals surface area contributed by atoms with Crippen molar-refractivity contribution in [2.24, 2.45) is 5.92 Å². The van der Waals surface area contributed by atoms with Gasteiger partial charge in [-0.1, -0.05) is 32.1 Å². The predicted octanol–water partition coefficient (Wildman–Crippen LogP) is 2.96. The van der Waals surface area contributed by atoms with Crippen molar-refractivity contribution >= 4 is 45.7 Å². The van der Waals surface area contributed by atoms with Gasteiger partial charge in [-0.3, -0.25) is 28.8 Å². The summed E-state index contributed by atoms with van der Waals surface area (Å²) in [5.74, 6) is -3.64. The lowest BCUT2D eigenvalue weighted by Crippen LogP contribution is -2.58. The minimum atomic E-state index is -3.94. The van der Waals surface area contributed by atoms with E-state index < -0.39 is 80.3 Å². The van der Waals surface area contributed by atoms with Gasteiger partial charge in [-0.15, -0.1) is 0 Å². The lowest BCUT2D eigenvalue weighted by Gasteiger charge is -2.30. The van der Waals surface area contributed by atoms with Gasteiger partial charge >= 0.3 is 12.2 Å². The SMILES string of the molecule is C=C(C)C(=O)CC[C@H](NC(=O)OC(C)(C)C)C(=O)N1CC(OC(=O)N2Cc3cccc(F)c3C2)CC1C(=O)N[C@]1(C(=O)NS(=O)(=O)C2CC2)C[C@H]1CC. The fourth-order valence-electron chi connectivity index (χ4n) is 6.79. The van der Waals surface area contributed by atoms with Gasteiger partial charge in [0.25, 0.3) is 5.91 Å². The number of ketones is 1. The van der Waals surface area contributed by atoms with Crippen LogP contribution in [0.15, 0.2) is 30.4 Å². The highest BCUT2D eigenvalue weighted by molar-refractivity contribution is 7.91. The van der Waals surface area contributed by atoms with Crippen LogP contribution < -0.4 is 15.4 Å². The molecule has 17 heteroatoms. The van der Waals surface area contributed by atoms with Crippen LogP contribution in [0.3, 0.4) is 0 Å². The number of rotatable bonds is 13. The summed E-state index contributed by atoms with van der Waals surface area (Å²) in [5, 5.41) is 4.55. The van der Waals surface area contributed by atoms with E-state index in [1.165, 1.54) is 24.0 Å². The zero-order valence-corrected chi connectivity index (χ0v) is 31.5. The fraction of sp³-hybridized carbons (Fsp3) is 0.611. The Morgan fingerprint density at radius 1 is 1.11 bits per heavy atom. The average Bonchev–Trinajstić information content (AvgIpc) is 3.96. The summed E-state index contributed by atoms with van der Waals surface area (Å²) in [7, 11) is -3.94. The Balaban J connectivity index is 1.39. The highest BCUT2D eigenvalue weighted by atomic mass is 32.2. The van der Waals surface area contributed by atoms with Crippen molar-refractivity contribution in [3.05, 3.63) is 47.3 Å². The minimum absolute atomic E-state index is 0.0431. The molecule has 0 radical (unpaired) electrons. The molecule has 3 N–H and O–H groups in total. The third kappa shape index (κ3) is 9.16. The number of hydrogen-bond donors (Lipinski definition) is 3. The number of amides is 5. The monoisotopic (exact) mass is 761 g/mol. The lowest BCUT2D eigenvalue weighted by molar-refractivity contribution is -0.141. The van der Waals surface area contributed by atoms with E-state index in [4.69, 9.17) is 9.47 Å². The number of halogens is 1. The summed E-state index contributed by atoms with van der Waals surface area (Å²) in [6.07, 6.45) is -1.90. The smallest absolute Gasteiger partial charge is 0.410 e. The quantitative estimate of drug-likeness (QED) is 0.251. The molecule has 0 bridgehead atoms. The zero-order valence-electron chi connectivity index (χ0n) is 30.7. The Labute approximate surface area is 308 Å². The number of carbonyl (C=O) groups is 6. The summed E-state index contributed by atoms with van der Waals surface area (Å²) >= 11 is 0. The molecule has 290 valence electrons. The first kappa shape index (κ1) is 39.7. The Morgan fingerprint density at radius 2 is 1.81 bits per heavy atom. The summed E-state index contributed by atoms with van der Waals surface area (Å²) < 4.78 is 53.0. The van der Waals surface area contributed by atoms with E-state index >= 15 is 0 Å². The number of fused-ring (bicyclic) bond motifs is 1. The molecular formula is C36H48FN5O10S. The number of nitrogens with one attached hydrogen (secondary N) is 3. The molecular weight excluding hydrogens is 713 g/mol. The molecule has 15 nitrogen and oxygen atoms in total. The molecule has 5 rings (SSSR count). The van der Waals surface area contributed by atoms with Gasteiger partial charge in [0, 0.05) is 24.9 Å². The van der Waals surface area contributed by atoms with Crippen LogP contribution >= 0.6 is 0 Å². The van der Waals surface area contributed by atoms with Crippen molar-refractivity contribution in [2.75, 3.05) is 6.54 Å². The number of sulfonamides is 1. The Hall–Kier alpha value is -4.54. The molecule has 2 aliphatic carbocycles. The predicted molar refractivity (Wildman–Crippen MR) is 188 cm³/mol. The number of allylic oxidation sites excluding steroid dienone is 1. The first-order valence-electron chi connectivity index (χ1n) is 17.8. The molecule has 1 saturated heterocycles. The van der Waals surface area contributed by atoms with Gasteiger partial charge in [-0.25, -0.2) is 22.4 Å². The number of Topliss-reactive ketones (excluding diaryl/α,β-unsaturated/α-hetero) is 1. The largest absolute Gasteiger partial charge is 0.444 e. The van der Waals surface area contributed by atoms with Gasteiger partial charge in [0.05, 0.1) is 18.3 Å². The molecule has 1 aromatic carbocycles. The van der Waals surface area contributed by atoms with Crippen molar-refractivity contribution < 1.29 is 51.0 Å². The van der Waals surface area contributed by atoms with E-state index in [-0.39, 0.29) is 62.6 Å². The lowest BCUT2D eigenvalue weighted by atomic mass is 10.0. The minimum Gasteiger partial charge on any atom is -0.444 e. The topological polar surface area (TPSA) is 198 Å². The maximum absolute atomic E-state index is 14.4. The number of likely N-dealkylation sites (tertiary alicyclic amines) is 1. The third-order valence-corrected chi connectivity index (χ3v) is 11.8. The Morgan fingerprint density at radius 3 is 2.40 bits per heavy atom. The van der Waals surface area contributed by atoms with Crippen molar-refractivity contribution in [1.29, 1.82) is 0 Å². The van der Waals surface area contributed by atoms with E-state index in [0.29, 0.717) is 30.4 Å². The Bertz CT molecular complexity index is 1810. The van der Waals surface area contributed by atoms with Crippen LogP contribution in [-0.4, -0.2) is 95.0 Å². The third-order valence-electron chi connectivity index (χ3n) is 9.97. The standard InChI is InChI=1S/C36H48FN5O10S/c1-7-22-16-36(22,32(46)40-53(49,50)24-11-12-24)39-30(44)28-15-23(51-34(48)41-17-21-9-8-10-26(37)25(21)19-41)18-42(28)31(45)27(13-14-29(43)20(2)3)38-33(47)52-35(4,5)6/h8-10,22-24,27-28H,2,7,11-19H2,1,3-6H3,(H,38,47)(H,39,44)(H,40,46)/t22-,23?,27+,28?,36-/m1/s1. The normalized spacial score (nSPS) is 24.1. The number of hydrogen-bond acceptors (Lipinski definition) is 10. The van der Waals surface area contributed by atoms with Crippen LogP contribution in [0.4, 0.5) is 14.0 Å². The molecule has 3 fully saturated rings. The maximum Gasteiger partial charge on any atom is 0.410 e. The maximum atomic E-state index is 14.4. The Kier molecular flexibility index (Phi) is 11.3. The second kappa shape index (κ2) is 15.1. The second-order valence-electron chi connectivity index (χ2n) is 15.4. The number of ether oxygens (including phenoxy) is 2. The molecule has 0 spiro atoms. The van der Waals surface area contributed by atoms with Gasteiger partial charge in [0.15, 0.2) is 5.78 Å². The number of nitrogens with zero attached hydrogens (tertiary/aromatic N) is 2. The van der Waals surface area contributed by atoms with Crippen LogP contribution in [0.25, 0.3) is 0 Å². The van der Waals surface area contributed by atoms with Crippen molar-refractivity contribution in [3.63, 3.8) is 0 Å². The molecule has 5 atom stereocenters. The number of benzene rings is 1. The van der Waals surface area contributed by atoms with E-state index in [1.54, 1.807) is 33.8 Å². The molecule has 5 amide bonds. The van der Waals surface area contributed by atoms with E-state index in [2.05, 4.69) is 21.9 Å². The molecule has 1 aromatic rings. The zero-order chi connectivity index (χ0) is 39.0. The van der Waals surface area contributed by atoms with Crippen LogP contribution in [0.5, 0.6) is 0 Å². The summed E-state index contributed by atoms with van der Waals surface area (Å²) in [5.41, 5.74) is -1.27. The van der Waals surface area contributed by atoms with Gasteiger partial charge in [-0.2, -0.15) is 0 Å². The molecule has 2 saturated carbocycles. The number of alkyl carbamates (subject to hydrolysis) is 1. The summed E-state index contributed by atoms with van der Waals surface area (Å²) in [6, 6.07) is 1.83. The molecule has 0 aromatic heterocycles. The van der Waals surface area contributed by atoms with Crippen LogP contribution in [0.1, 0.15) is 90.7 Å². The van der Waals surface area contributed by atoms with E-state index in [9.17, 15) is 41.6 Å². The van der Waals surface area contributed by atoms with Crippen LogP contribution in [0, 0.1) is 11.7 Å². The molecule has 53 heavy (non-hydrogen) atoms. The first-order valence-corrected chi connectivity index (χ1v) is 19.4. The highest BCUT2D eigenvalue weighted by Gasteiger charge is 2.62. The van der Waals surface area contributed by atoms with E-state index in [1.807, 2.05) is 0 Å². The van der Waals surface area contributed by atoms with Gasteiger partial charge < -0.3 is 25.0 Å². The van der Waals surface area contributed by atoms with Crippen LogP contribution in [-0.2, 0) is 51.8 Å². The first-order chi connectivity index (χ1) is 24.7. The summed E-state index contributed by atoms with van der Waals surface area (Å²) in [6.45, 7) is 11.6. The van der Waals surface area contributed by atoms with E-state index in [0.717, 1.165) is 4.90 Å². The second-order valence-corrected chi connectivity index (χ2v) is 17.3. The van der Waals surface area contributed by atoms with Crippen molar-refractivity contribution in [3.8, 4) is 0 Å². The fourth-order valence-corrected chi connectivity index (χ4v) is 8.16. The van der Waals surface area contributed by atoms with Crippen molar-refractivity contribution in [2.45, 2.75) is 127 Å². The number of carbonyl (C=O) groups excluding carboxylic acids is 6. The van der Waals surface area contributed by atoms with Crippen molar-refractivity contribution in [1.82, 2.24) is 25.2 Å².